The minimum absolute atomic E-state index is 0.00473. The summed E-state index contributed by atoms with van der Waals surface area (Å²) >= 11 is 6.07. The van der Waals surface area contributed by atoms with Crippen LogP contribution in [0.3, 0.4) is 0 Å². The molecule has 0 aliphatic carbocycles. The Bertz CT molecular complexity index is 884. The highest BCUT2D eigenvalue weighted by Crippen LogP contribution is 2.24. The second kappa shape index (κ2) is 8.20. The normalized spacial score (nSPS) is 11.8. The summed E-state index contributed by atoms with van der Waals surface area (Å²) < 4.78 is 36.8. The lowest BCUT2D eigenvalue weighted by molar-refractivity contribution is 0.0470. The third kappa shape index (κ3) is 4.08. The van der Waals surface area contributed by atoms with Gasteiger partial charge < -0.3 is 9.26 Å². The number of hydrogen-bond donors (Lipinski definition) is 0. The molecule has 0 amide bonds. The van der Waals surface area contributed by atoms with Gasteiger partial charge in [-0.1, -0.05) is 30.6 Å². The third-order valence-corrected chi connectivity index (χ3v) is 6.41. The van der Waals surface area contributed by atoms with Gasteiger partial charge in [0, 0.05) is 13.1 Å². The number of sulfonamides is 1. The van der Waals surface area contributed by atoms with E-state index in [9.17, 15) is 13.2 Å². The van der Waals surface area contributed by atoms with E-state index < -0.39 is 16.0 Å². The number of hydrogen-bond acceptors (Lipinski definition) is 6. The van der Waals surface area contributed by atoms with Crippen LogP contribution in [0, 0.1) is 13.8 Å². The van der Waals surface area contributed by atoms with Crippen molar-refractivity contribution in [3.8, 4) is 0 Å². The first-order valence-corrected chi connectivity index (χ1v) is 9.92. The van der Waals surface area contributed by atoms with Gasteiger partial charge in [0.2, 0.25) is 10.0 Å². The first-order valence-electron chi connectivity index (χ1n) is 8.10. The molecular formula is C17H21ClN2O5S. The smallest absolute Gasteiger partial charge is 0.340 e. The molecule has 0 radical (unpaired) electrons. The highest BCUT2D eigenvalue weighted by atomic mass is 35.5. The van der Waals surface area contributed by atoms with Crippen LogP contribution >= 0.6 is 11.6 Å². The Morgan fingerprint density at radius 3 is 2.46 bits per heavy atom. The summed E-state index contributed by atoms with van der Waals surface area (Å²) in [7, 11) is -3.70. The second-order valence-electron chi connectivity index (χ2n) is 5.61. The van der Waals surface area contributed by atoms with Gasteiger partial charge >= 0.3 is 5.97 Å². The van der Waals surface area contributed by atoms with E-state index in [-0.39, 0.29) is 22.1 Å². The van der Waals surface area contributed by atoms with Crippen molar-refractivity contribution in [2.75, 3.05) is 13.1 Å². The Morgan fingerprint density at radius 2 is 1.92 bits per heavy atom. The van der Waals surface area contributed by atoms with Crippen LogP contribution in [0.2, 0.25) is 5.02 Å². The van der Waals surface area contributed by atoms with Crippen molar-refractivity contribution < 1.29 is 22.5 Å². The van der Waals surface area contributed by atoms with Gasteiger partial charge in [-0.25, -0.2) is 13.2 Å². The molecule has 0 unspecified atom stereocenters. The average molecular weight is 401 g/mol. The van der Waals surface area contributed by atoms with E-state index in [4.69, 9.17) is 20.9 Å². The van der Waals surface area contributed by atoms with Crippen LogP contribution < -0.4 is 0 Å². The monoisotopic (exact) mass is 400 g/mol. The van der Waals surface area contributed by atoms with Crippen LogP contribution in [-0.4, -0.2) is 36.9 Å². The molecule has 1 aromatic carbocycles. The van der Waals surface area contributed by atoms with Crippen molar-refractivity contribution in [1.82, 2.24) is 9.46 Å². The molecule has 9 heteroatoms. The molecule has 7 nitrogen and oxygen atoms in total. The topological polar surface area (TPSA) is 89.7 Å². The van der Waals surface area contributed by atoms with Crippen molar-refractivity contribution in [3.05, 3.63) is 45.8 Å². The van der Waals surface area contributed by atoms with Gasteiger partial charge in [0.25, 0.3) is 0 Å². The Hall–Kier alpha value is -1.90. The third-order valence-electron chi connectivity index (χ3n) is 4.03. The summed E-state index contributed by atoms with van der Waals surface area (Å²) in [6, 6.07) is 4.00. The minimum atomic E-state index is -3.70. The Morgan fingerprint density at radius 1 is 1.27 bits per heavy atom. The number of benzene rings is 1. The fraction of sp³-hybridized carbons (Fsp3) is 0.412. The fourth-order valence-corrected chi connectivity index (χ4v) is 4.14. The van der Waals surface area contributed by atoms with Gasteiger partial charge in [-0.15, -0.1) is 0 Å². The summed E-state index contributed by atoms with van der Waals surface area (Å²) in [5.74, 6) is -0.161. The molecule has 0 N–H and O–H groups in total. The van der Waals surface area contributed by atoms with Crippen LogP contribution in [-0.2, 0) is 21.4 Å². The number of carbonyl (C=O) groups excluding carboxylic acids is 1. The highest BCUT2D eigenvalue weighted by molar-refractivity contribution is 7.89. The number of nitrogens with zero attached hydrogens (tertiary/aromatic N) is 2. The van der Waals surface area contributed by atoms with Crippen LogP contribution in [0.25, 0.3) is 0 Å². The lowest BCUT2D eigenvalue weighted by atomic mass is 10.2. The largest absolute Gasteiger partial charge is 0.457 e. The Balaban J connectivity index is 2.28. The molecule has 0 bridgehead atoms. The number of carbonyl (C=O) groups is 1. The molecular weight excluding hydrogens is 380 g/mol. The van der Waals surface area contributed by atoms with E-state index in [2.05, 4.69) is 5.16 Å². The number of ether oxygens (including phenoxy) is 1. The summed E-state index contributed by atoms with van der Waals surface area (Å²) in [6.45, 7) is 7.56. The zero-order valence-corrected chi connectivity index (χ0v) is 16.6. The van der Waals surface area contributed by atoms with Gasteiger partial charge in [0.15, 0.2) is 0 Å². The molecule has 26 heavy (non-hydrogen) atoms. The van der Waals surface area contributed by atoms with E-state index in [1.165, 1.54) is 22.5 Å². The maximum absolute atomic E-state index is 12.6. The molecule has 0 spiro atoms. The first-order chi connectivity index (χ1) is 12.2. The number of aryl methyl sites for hydroxylation is 2. The number of halogens is 1. The maximum Gasteiger partial charge on any atom is 0.340 e. The van der Waals surface area contributed by atoms with Gasteiger partial charge in [-0.2, -0.15) is 4.31 Å². The van der Waals surface area contributed by atoms with Crippen molar-refractivity contribution in [2.24, 2.45) is 0 Å². The summed E-state index contributed by atoms with van der Waals surface area (Å²) in [5.41, 5.74) is 1.28. The molecule has 2 rings (SSSR count). The van der Waals surface area contributed by atoms with Gasteiger partial charge in [-0.05, 0) is 32.0 Å². The predicted molar refractivity (Wildman–Crippen MR) is 96.7 cm³/mol. The van der Waals surface area contributed by atoms with Crippen molar-refractivity contribution in [3.63, 3.8) is 0 Å². The van der Waals surface area contributed by atoms with Crippen LogP contribution in [0.1, 0.15) is 41.2 Å². The standard InChI is InChI=1S/C17H21ClN2O5S/c1-5-20(6-2)26(22,23)13-7-8-16(18)14(9-13)17(21)24-10-15-11(3)19-25-12(15)4/h7-9H,5-6,10H2,1-4H3. The average Bonchev–Trinajstić information content (AvgIpc) is 2.92. The van der Waals surface area contributed by atoms with E-state index in [0.717, 1.165) is 0 Å². The molecule has 0 saturated heterocycles. The SMILES string of the molecule is CCN(CC)S(=O)(=O)c1ccc(Cl)c(C(=O)OCc2c(C)noc2C)c1. The molecule has 0 atom stereocenters. The Labute approximate surface area is 157 Å². The zero-order valence-electron chi connectivity index (χ0n) is 15.1. The van der Waals surface area contributed by atoms with Crippen LogP contribution in [0.4, 0.5) is 0 Å². The van der Waals surface area contributed by atoms with E-state index in [1.54, 1.807) is 27.7 Å². The molecule has 1 heterocycles. The van der Waals surface area contributed by atoms with E-state index >= 15 is 0 Å². The predicted octanol–water partition coefficient (Wildman–Crippen LogP) is 3.33. The van der Waals surface area contributed by atoms with Gasteiger partial charge in [-0.3, -0.25) is 0 Å². The zero-order chi connectivity index (χ0) is 19.5. The van der Waals surface area contributed by atoms with Gasteiger partial charge in [0.1, 0.15) is 12.4 Å². The van der Waals surface area contributed by atoms with Crippen molar-refractivity contribution in [2.45, 2.75) is 39.2 Å². The lowest BCUT2D eigenvalue weighted by Crippen LogP contribution is -2.30. The molecule has 1 aromatic heterocycles. The summed E-state index contributed by atoms with van der Waals surface area (Å²) in [5, 5.41) is 3.91. The molecule has 0 fully saturated rings. The van der Waals surface area contributed by atoms with E-state index in [1.807, 2.05) is 0 Å². The highest BCUT2D eigenvalue weighted by Gasteiger charge is 2.24. The minimum Gasteiger partial charge on any atom is -0.457 e. The quantitative estimate of drug-likeness (QED) is 0.662. The van der Waals surface area contributed by atoms with Gasteiger partial charge in [0.05, 0.1) is 26.7 Å². The fourth-order valence-electron chi connectivity index (χ4n) is 2.46. The summed E-state index contributed by atoms with van der Waals surface area (Å²) in [4.78, 5) is 12.4. The molecule has 2 aromatic rings. The molecule has 142 valence electrons. The Kier molecular flexibility index (Phi) is 6.44. The number of aromatic nitrogens is 1. The molecule has 0 saturated carbocycles. The second-order valence-corrected chi connectivity index (χ2v) is 7.95. The number of esters is 1. The first kappa shape index (κ1) is 20.4. The summed E-state index contributed by atoms with van der Waals surface area (Å²) in [6.07, 6.45) is 0. The van der Waals surface area contributed by atoms with Crippen molar-refractivity contribution >= 4 is 27.6 Å². The maximum atomic E-state index is 12.6. The van der Waals surface area contributed by atoms with Crippen LogP contribution in [0.15, 0.2) is 27.6 Å². The van der Waals surface area contributed by atoms with E-state index in [0.29, 0.717) is 30.1 Å². The van der Waals surface area contributed by atoms with Crippen LogP contribution in [0.5, 0.6) is 0 Å². The number of rotatable bonds is 7. The molecule has 0 aliphatic heterocycles. The van der Waals surface area contributed by atoms with Crippen molar-refractivity contribution in [1.29, 1.82) is 0 Å². The molecule has 0 aliphatic rings. The lowest BCUT2D eigenvalue weighted by Gasteiger charge is -2.19.